The van der Waals surface area contributed by atoms with Gasteiger partial charge in [0.2, 0.25) is 5.91 Å². The summed E-state index contributed by atoms with van der Waals surface area (Å²) < 4.78 is 5.24. The van der Waals surface area contributed by atoms with E-state index in [1.54, 1.807) is 6.92 Å². The van der Waals surface area contributed by atoms with Gasteiger partial charge in [-0.25, -0.2) is 4.79 Å². The molecule has 0 fully saturated rings. The third-order valence-electron chi connectivity index (χ3n) is 4.36. The number of amides is 1. The second kappa shape index (κ2) is 9.39. The minimum absolute atomic E-state index is 0.101. The third-order valence-corrected chi connectivity index (χ3v) is 5.25. The number of ether oxygens (including phenoxy) is 1. The fourth-order valence-corrected chi connectivity index (χ4v) is 3.88. The van der Waals surface area contributed by atoms with Crippen LogP contribution >= 0.6 is 11.3 Å². The van der Waals surface area contributed by atoms with E-state index in [1.807, 2.05) is 67.8 Å². The molecule has 0 saturated carbocycles. The SMILES string of the molecule is CCOC(=O)c1c(-c2ccc(C)cc2)csc1NC(=O)CNc1cccc(C)c1. The summed E-state index contributed by atoms with van der Waals surface area (Å²) in [5.41, 5.74) is 5.18. The van der Waals surface area contributed by atoms with Gasteiger partial charge in [-0.2, -0.15) is 0 Å². The van der Waals surface area contributed by atoms with Crippen LogP contribution in [0.4, 0.5) is 10.7 Å². The molecule has 0 aliphatic carbocycles. The number of esters is 1. The Bertz CT molecular complexity index is 1010. The Balaban J connectivity index is 1.79. The standard InChI is InChI=1S/C23H24N2O3S/c1-4-28-23(27)21-19(17-10-8-15(2)9-11-17)14-29-22(21)25-20(26)13-24-18-7-5-6-16(3)12-18/h5-12,14,24H,4,13H2,1-3H3,(H,25,26). The van der Waals surface area contributed by atoms with Crippen molar-refractivity contribution in [3.05, 3.63) is 70.6 Å². The molecule has 0 atom stereocenters. The van der Waals surface area contributed by atoms with Gasteiger partial charge in [0.25, 0.3) is 0 Å². The van der Waals surface area contributed by atoms with E-state index in [-0.39, 0.29) is 19.1 Å². The number of carbonyl (C=O) groups is 2. The van der Waals surface area contributed by atoms with Crippen LogP contribution < -0.4 is 10.6 Å². The lowest BCUT2D eigenvalue weighted by molar-refractivity contribution is -0.114. The Kier molecular flexibility index (Phi) is 6.67. The van der Waals surface area contributed by atoms with Crippen molar-refractivity contribution in [3.63, 3.8) is 0 Å². The first-order valence-corrected chi connectivity index (χ1v) is 10.3. The zero-order chi connectivity index (χ0) is 20.8. The number of aryl methyl sites for hydroxylation is 2. The number of rotatable bonds is 7. The molecule has 0 aliphatic rings. The van der Waals surface area contributed by atoms with Gasteiger partial charge in [0.05, 0.1) is 13.2 Å². The van der Waals surface area contributed by atoms with Gasteiger partial charge in [-0.05, 0) is 44.0 Å². The number of carbonyl (C=O) groups excluding carboxylic acids is 2. The fraction of sp³-hybridized carbons (Fsp3) is 0.217. The summed E-state index contributed by atoms with van der Waals surface area (Å²) in [5.74, 6) is -0.666. The first-order valence-electron chi connectivity index (χ1n) is 9.44. The number of benzene rings is 2. The van der Waals surface area contributed by atoms with E-state index >= 15 is 0 Å². The zero-order valence-electron chi connectivity index (χ0n) is 16.7. The highest BCUT2D eigenvalue weighted by Crippen LogP contribution is 2.36. The number of hydrogen-bond donors (Lipinski definition) is 2. The number of hydrogen-bond acceptors (Lipinski definition) is 5. The molecule has 2 aromatic carbocycles. The summed E-state index contributed by atoms with van der Waals surface area (Å²) in [6.07, 6.45) is 0. The Hall–Kier alpha value is -3.12. The van der Waals surface area contributed by atoms with Crippen LogP contribution in [0.5, 0.6) is 0 Å². The van der Waals surface area contributed by atoms with Gasteiger partial charge in [-0.3, -0.25) is 4.79 Å². The molecule has 6 heteroatoms. The molecule has 1 heterocycles. The number of nitrogens with one attached hydrogen (secondary N) is 2. The Morgan fingerprint density at radius 3 is 2.48 bits per heavy atom. The minimum Gasteiger partial charge on any atom is -0.462 e. The van der Waals surface area contributed by atoms with Crippen molar-refractivity contribution >= 4 is 33.9 Å². The van der Waals surface area contributed by atoms with Gasteiger partial charge >= 0.3 is 5.97 Å². The molecular formula is C23H24N2O3S. The largest absolute Gasteiger partial charge is 0.462 e. The van der Waals surface area contributed by atoms with Crippen LogP contribution in [0.25, 0.3) is 11.1 Å². The lowest BCUT2D eigenvalue weighted by Gasteiger charge is -2.10. The van der Waals surface area contributed by atoms with Crippen molar-refractivity contribution in [3.8, 4) is 11.1 Å². The predicted octanol–water partition coefficient (Wildman–Crippen LogP) is 5.26. The van der Waals surface area contributed by atoms with Gasteiger partial charge in [-0.1, -0.05) is 42.0 Å². The third kappa shape index (κ3) is 5.23. The maximum absolute atomic E-state index is 12.6. The van der Waals surface area contributed by atoms with E-state index in [9.17, 15) is 9.59 Å². The van der Waals surface area contributed by atoms with E-state index in [0.717, 1.165) is 27.9 Å². The molecule has 0 unspecified atom stereocenters. The summed E-state index contributed by atoms with van der Waals surface area (Å²) in [4.78, 5) is 25.1. The minimum atomic E-state index is -0.439. The second-order valence-corrected chi connectivity index (χ2v) is 7.59. The van der Waals surface area contributed by atoms with Crippen molar-refractivity contribution in [2.45, 2.75) is 20.8 Å². The Morgan fingerprint density at radius 1 is 1.03 bits per heavy atom. The molecule has 0 saturated heterocycles. The topological polar surface area (TPSA) is 67.4 Å². The molecule has 29 heavy (non-hydrogen) atoms. The lowest BCUT2D eigenvalue weighted by Crippen LogP contribution is -2.22. The van der Waals surface area contributed by atoms with Gasteiger partial charge < -0.3 is 15.4 Å². The van der Waals surface area contributed by atoms with Gasteiger partial charge in [0, 0.05) is 16.6 Å². The maximum Gasteiger partial charge on any atom is 0.341 e. The highest BCUT2D eigenvalue weighted by molar-refractivity contribution is 7.15. The van der Waals surface area contributed by atoms with Crippen LogP contribution in [0.3, 0.4) is 0 Å². The normalized spacial score (nSPS) is 10.4. The van der Waals surface area contributed by atoms with Crippen molar-refractivity contribution in [1.29, 1.82) is 0 Å². The van der Waals surface area contributed by atoms with Crippen molar-refractivity contribution in [2.24, 2.45) is 0 Å². The van der Waals surface area contributed by atoms with Crippen LogP contribution in [0, 0.1) is 13.8 Å². The molecule has 3 aromatic rings. The Labute approximate surface area is 174 Å². The van der Waals surface area contributed by atoms with Crippen LogP contribution in [0.15, 0.2) is 53.9 Å². The smallest absolute Gasteiger partial charge is 0.341 e. The molecular weight excluding hydrogens is 384 g/mol. The first kappa shape index (κ1) is 20.6. The molecule has 150 valence electrons. The highest BCUT2D eigenvalue weighted by Gasteiger charge is 2.22. The highest BCUT2D eigenvalue weighted by atomic mass is 32.1. The van der Waals surface area contributed by atoms with Gasteiger partial charge in [0.1, 0.15) is 10.6 Å². The average Bonchev–Trinajstić information content (AvgIpc) is 3.11. The van der Waals surface area contributed by atoms with Crippen LogP contribution in [0.1, 0.15) is 28.4 Å². The molecule has 1 aromatic heterocycles. The van der Waals surface area contributed by atoms with Crippen molar-refractivity contribution in [1.82, 2.24) is 0 Å². The van der Waals surface area contributed by atoms with E-state index in [4.69, 9.17) is 4.74 Å². The second-order valence-electron chi connectivity index (χ2n) is 6.71. The summed E-state index contributed by atoms with van der Waals surface area (Å²) in [6.45, 7) is 6.14. The molecule has 1 amide bonds. The van der Waals surface area contributed by atoms with E-state index in [0.29, 0.717) is 10.6 Å². The van der Waals surface area contributed by atoms with Crippen molar-refractivity contribution < 1.29 is 14.3 Å². The molecule has 5 nitrogen and oxygen atoms in total. The van der Waals surface area contributed by atoms with Crippen LogP contribution in [-0.2, 0) is 9.53 Å². The fourth-order valence-electron chi connectivity index (χ4n) is 2.91. The summed E-state index contributed by atoms with van der Waals surface area (Å²) in [5, 5.41) is 8.32. The summed E-state index contributed by atoms with van der Waals surface area (Å²) in [7, 11) is 0. The molecule has 3 rings (SSSR count). The van der Waals surface area contributed by atoms with Crippen LogP contribution in [0.2, 0.25) is 0 Å². The predicted molar refractivity (Wildman–Crippen MR) is 119 cm³/mol. The molecule has 0 aliphatic heterocycles. The monoisotopic (exact) mass is 408 g/mol. The quantitative estimate of drug-likeness (QED) is 0.523. The number of anilines is 2. The lowest BCUT2D eigenvalue weighted by atomic mass is 10.0. The van der Waals surface area contributed by atoms with Gasteiger partial charge in [-0.15, -0.1) is 11.3 Å². The maximum atomic E-state index is 12.6. The average molecular weight is 409 g/mol. The first-order chi connectivity index (χ1) is 14.0. The molecule has 2 N–H and O–H groups in total. The summed E-state index contributed by atoms with van der Waals surface area (Å²) >= 11 is 1.32. The molecule has 0 radical (unpaired) electrons. The number of thiophene rings is 1. The van der Waals surface area contributed by atoms with Crippen molar-refractivity contribution in [2.75, 3.05) is 23.8 Å². The van der Waals surface area contributed by atoms with E-state index in [1.165, 1.54) is 11.3 Å². The van der Waals surface area contributed by atoms with E-state index < -0.39 is 5.97 Å². The van der Waals surface area contributed by atoms with Gasteiger partial charge in [0.15, 0.2) is 0 Å². The van der Waals surface area contributed by atoms with E-state index in [2.05, 4.69) is 10.6 Å². The van der Waals surface area contributed by atoms with Crippen LogP contribution in [-0.4, -0.2) is 25.0 Å². The zero-order valence-corrected chi connectivity index (χ0v) is 17.6. The molecule has 0 bridgehead atoms. The molecule has 0 spiro atoms. The Morgan fingerprint density at radius 2 is 1.79 bits per heavy atom. The summed E-state index contributed by atoms with van der Waals surface area (Å²) in [6, 6.07) is 15.7.